The van der Waals surface area contributed by atoms with Crippen LogP contribution < -0.4 is 5.32 Å². The molecule has 20 heavy (non-hydrogen) atoms. The number of aryl methyl sites for hydroxylation is 1. The molecule has 0 amide bonds. The Hall–Kier alpha value is -1.61. The molecular weight excluding hydrogens is 248 g/mol. The Morgan fingerprint density at radius 2 is 2.15 bits per heavy atom. The van der Waals surface area contributed by atoms with Crippen LogP contribution in [0.5, 0.6) is 0 Å². The third kappa shape index (κ3) is 2.06. The lowest BCUT2D eigenvalue weighted by Gasteiger charge is -2.17. The van der Waals surface area contributed by atoms with Gasteiger partial charge >= 0.3 is 0 Å². The van der Waals surface area contributed by atoms with Gasteiger partial charge in [-0.25, -0.2) is 0 Å². The molecule has 1 aliphatic carbocycles. The summed E-state index contributed by atoms with van der Waals surface area (Å²) < 4.78 is 5.73. The van der Waals surface area contributed by atoms with E-state index in [0.29, 0.717) is 6.10 Å². The fraction of sp³-hybridized carbons (Fsp3) is 0.471. The molecule has 0 bridgehead atoms. The minimum absolute atomic E-state index is 0.374. The molecule has 1 N–H and O–H groups in total. The lowest BCUT2D eigenvalue weighted by Crippen LogP contribution is -2.19. The number of pyridine rings is 1. The summed E-state index contributed by atoms with van der Waals surface area (Å²) in [5.74, 6) is 0. The number of ether oxygens (including phenoxy) is 1. The molecule has 4 rings (SSSR count). The molecule has 2 heterocycles. The first-order valence-corrected chi connectivity index (χ1v) is 7.68. The molecule has 1 aromatic carbocycles. The molecule has 1 atom stereocenters. The van der Waals surface area contributed by atoms with Crippen molar-refractivity contribution < 1.29 is 4.74 Å². The molecule has 104 valence electrons. The van der Waals surface area contributed by atoms with Crippen LogP contribution in [0.15, 0.2) is 24.3 Å². The van der Waals surface area contributed by atoms with Crippen molar-refractivity contribution in [3.8, 4) is 0 Å². The van der Waals surface area contributed by atoms with Crippen molar-refractivity contribution in [1.82, 2.24) is 4.98 Å². The first kappa shape index (κ1) is 12.2. The largest absolute Gasteiger partial charge is 0.382 e. The maximum Gasteiger partial charge on any atom is 0.0748 e. The highest BCUT2D eigenvalue weighted by molar-refractivity contribution is 5.93. The average molecular weight is 268 g/mol. The van der Waals surface area contributed by atoms with Crippen molar-refractivity contribution in [3.05, 3.63) is 35.5 Å². The maximum atomic E-state index is 5.73. The molecule has 1 unspecified atom stereocenters. The summed E-state index contributed by atoms with van der Waals surface area (Å²) in [5.41, 5.74) is 5.14. The van der Waals surface area contributed by atoms with E-state index in [1.165, 1.54) is 41.6 Å². The molecule has 3 heteroatoms. The van der Waals surface area contributed by atoms with Gasteiger partial charge in [-0.05, 0) is 43.7 Å². The van der Waals surface area contributed by atoms with E-state index in [4.69, 9.17) is 9.72 Å². The van der Waals surface area contributed by atoms with E-state index < -0.39 is 0 Å². The Kier molecular flexibility index (Phi) is 3.07. The molecule has 1 fully saturated rings. The van der Waals surface area contributed by atoms with Crippen molar-refractivity contribution in [2.45, 2.75) is 38.2 Å². The summed E-state index contributed by atoms with van der Waals surface area (Å²) in [4.78, 5) is 4.82. The predicted octanol–water partition coefficient (Wildman–Crippen LogP) is 3.31. The van der Waals surface area contributed by atoms with Crippen LogP contribution in [0.3, 0.4) is 0 Å². The van der Waals surface area contributed by atoms with Crippen LogP contribution in [0.1, 0.15) is 30.5 Å². The molecule has 1 saturated heterocycles. The molecule has 2 aliphatic rings. The van der Waals surface area contributed by atoms with Gasteiger partial charge in [0.05, 0.1) is 11.6 Å². The topological polar surface area (TPSA) is 34.1 Å². The highest BCUT2D eigenvalue weighted by Crippen LogP contribution is 2.34. The normalized spacial score (nSPS) is 21.3. The van der Waals surface area contributed by atoms with E-state index in [1.54, 1.807) is 0 Å². The van der Waals surface area contributed by atoms with Crippen molar-refractivity contribution in [2.24, 2.45) is 0 Å². The third-order valence-corrected chi connectivity index (χ3v) is 4.45. The quantitative estimate of drug-likeness (QED) is 0.927. The number of para-hydroxylation sites is 1. The van der Waals surface area contributed by atoms with Crippen molar-refractivity contribution in [1.29, 1.82) is 0 Å². The average Bonchev–Trinajstić information content (AvgIpc) is 3.14. The summed E-state index contributed by atoms with van der Waals surface area (Å²) in [5, 5.41) is 4.92. The molecular formula is C17H20N2O. The van der Waals surface area contributed by atoms with Gasteiger partial charge in [0.15, 0.2) is 0 Å². The van der Waals surface area contributed by atoms with Crippen LogP contribution in [0.4, 0.5) is 5.69 Å². The van der Waals surface area contributed by atoms with Gasteiger partial charge in [0.1, 0.15) is 0 Å². The van der Waals surface area contributed by atoms with E-state index >= 15 is 0 Å². The molecule has 3 nitrogen and oxygen atoms in total. The smallest absolute Gasteiger partial charge is 0.0748 e. The number of benzene rings is 1. The summed E-state index contributed by atoms with van der Waals surface area (Å²) in [6.45, 7) is 1.84. The maximum absolute atomic E-state index is 5.73. The fourth-order valence-electron chi connectivity index (χ4n) is 3.43. The van der Waals surface area contributed by atoms with Gasteiger partial charge in [-0.15, -0.1) is 0 Å². The third-order valence-electron chi connectivity index (χ3n) is 4.45. The second-order valence-corrected chi connectivity index (χ2v) is 5.80. The second kappa shape index (κ2) is 5.06. The van der Waals surface area contributed by atoms with Gasteiger partial charge in [0, 0.05) is 29.9 Å². The molecule has 0 spiro atoms. The number of anilines is 1. The van der Waals surface area contributed by atoms with Gasteiger partial charge in [0.2, 0.25) is 0 Å². The standard InChI is InChI=1S/C17H20N2O/c1-2-8-15-13(6-1)17(14-7-3-9-16(14)19-15)18-11-12-5-4-10-20-12/h1-2,6,8,12H,3-5,7,9-11H2,(H,18,19). The zero-order valence-electron chi connectivity index (χ0n) is 11.7. The van der Waals surface area contributed by atoms with Crippen LogP contribution in [0.25, 0.3) is 10.9 Å². The van der Waals surface area contributed by atoms with Crippen LogP contribution in [0.2, 0.25) is 0 Å². The summed E-state index contributed by atoms with van der Waals surface area (Å²) >= 11 is 0. The SMILES string of the molecule is c1ccc2c(NCC3CCCO3)c3c(nc2c1)CCC3. The first-order chi connectivity index (χ1) is 9.92. The van der Waals surface area contributed by atoms with Crippen LogP contribution in [-0.4, -0.2) is 24.2 Å². The monoisotopic (exact) mass is 268 g/mol. The van der Waals surface area contributed by atoms with E-state index in [0.717, 1.165) is 31.5 Å². The molecule has 0 radical (unpaired) electrons. The minimum Gasteiger partial charge on any atom is -0.382 e. The highest BCUT2D eigenvalue weighted by atomic mass is 16.5. The number of hydrogen-bond donors (Lipinski definition) is 1. The van der Waals surface area contributed by atoms with E-state index in [2.05, 4.69) is 29.6 Å². The Bertz CT molecular complexity index is 632. The Morgan fingerprint density at radius 1 is 1.20 bits per heavy atom. The van der Waals surface area contributed by atoms with Gasteiger partial charge < -0.3 is 10.1 Å². The molecule has 0 saturated carbocycles. The predicted molar refractivity (Wildman–Crippen MR) is 81.2 cm³/mol. The van der Waals surface area contributed by atoms with Gasteiger partial charge in [-0.3, -0.25) is 4.98 Å². The summed E-state index contributed by atoms with van der Waals surface area (Å²) in [6, 6.07) is 8.47. The number of rotatable bonds is 3. The Labute approximate surface area is 119 Å². The van der Waals surface area contributed by atoms with Gasteiger partial charge in [-0.2, -0.15) is 0 Å². The molecule has 1 aromatic heterocycles. The Balaban J connectivity index is 1.72. The molecule has 2 aromatic rings. The minimum atomic E-state index is 0.374. The van der Waals surface area contributed by atoms with Crippen LogP contribution >= 0.6 is 0 Å². The van der Waals surface area contributed by atoms with Gasteiger partial charge in [-0.1, -0.05) is 18.2 Å². The van der Waals surface area contributed by atoms with Gasteiger partial charge in [0.25, 0.3) is 0 Å². The number of aromatic nitrogens is 1. The van der Waals surface area contributed by atoms with Crippen molar-refractivity contribution in [2.75, 3.05) is 18.5 Å². The van der Waals surface area contributed by atoms with E-state index in [1.807, 2.05) is 0 Å². The van der Waals surface area contributed by atoms with E-state index in [-0.39, 0.29) is 0 Å². The summed E-state index contributed by atoms with van der Waals surface area (Å²) in [7, 11) is 0. The number of fused-ring (bicyclic) bond motifs is 2. The Morgan fingerprint density at radius 3 is 3.05 bits per heavy atom. The zero-order chi connectivity index (χ0) is 13.4. The zero-order valence-corrected chi connectivity index (χ0v) is 11.7. The van der Waals surface area contributed by atoms with E-state index in [9.17, 15) is 0 Å². The first-order valence-electron chi connectivity index (χ1n) is 7.68. The lowest BCUT2D eigenvalue weighted by atomic mass is 10.1. The molecule has 1 aliphatic heterocycles. The number of nitrogens with zero attached hydrogens (tertiary/aromatic N) is 1. The van der Waals surface area contributed by atoms with Crippen molar-refractivity contribution >= 4 is 16.6 Å². The summed E-state index contributed by atoms with van der Waals surface area (Å²) in [6.07, 6.45) is 6.25. The van der Waals surface area contributed by atoms with Crippen LogP contribution in [0, 0.1) is 0 Å². The number of hydrogen-bond acceptors (Lipinski definition) is 3. The van der Waals surface area contributed by atoms with Crippen LogP contribution in [-0.2, 0) is 17.6 Å². The number of nitrogens with one attached hydrogen (secondary N) is 1. The lowest BCUT2D eigenvalue weighted by molar-refractivity contribution is 0.120. The fourth-order valence-corrected chi connectivity index (χ4v) is 3.43. The van der Waals surface area contributed by atoms with Crippen molar-refractivity contribution in [3.63, 3.8) is 0 Å². The second-order valence-electron chi connectivity index (χ2n) is 5.80. The highest BCUT2D eigenvalue weighted by Gasteiger charge is 2.21.